The van der Waals surface area contributed by atoms with E-state index in [2.05, 4.69) is 0 Å². The third-order valence-electron chi connectivity index (χ3n) is 3.45. The quantitative estimate of drug-likeness (QED) is 0.748. The SMILES string of the molecule is CC(SC1CCCCC1)C(=O)c1ccc(F)cc1. The Morgan fingerprint density at radius 2 is 1.83 bits per heavy atom. The van der Waals surface area contributed by atoms with Crippen molar-refractivity contribution >= 4 is 17.5 Å². The molecule has 0 aliphatic heterocycles. The van der Waals surface area contributed by atoms with Gasteiger partial charge in [0.25, 0.3) is 0 Å². The Hall–Kier alpha value is -0.830. The van der Waals surface area contributed by atoms with Crippen molar-refractivity contribution in [2.24, 2.45) is 0 Å². The summed E-state index contributed by atoms with van der Waals surface area (Å²) in [5.74, 6) is -0.176. The Kier molecular flexibility index (Phi) is 4.81. The van der Waals surface area contributed by atoms with Gasteiger partial charge in [0.15, 0.2) is 5.78 Å². The summed E-state index contributed by atoms with van der Waals surface area (Å²) in [6.07, 6.45) is 6.36. The highest BCUT2D eigenvalue weighted by atomic mass is 32.2. The van der Waals surface area contributed by atoms with E-state index < -0.39 is 0 Å². The molecule has 3 heteroatoms. The van der Waals surface area contributed by atoms with Crippen molar-refractivity contribution in [3.63, 3.8) is 0 Å². The Morgan fingerprint density at radius 1 is 1.22 bits per heavy atom. The first-order valence-electron chi connectivity index (χ1n) is 6.62. The lowest BCUT2D eigenvalue weighted by Gasteiger charge is -2.23. The van der Waals surface area contributed by atoms with Gasteiger partial charge in [0.05, 0.1) is 5.25 Å². The van der Waals surface area contributed by atoms with Gasteiger partial charge < -0.3 is 0 Å². The number of thioether (sulfide) groups is 1. The number of hydrogen-bond donors (Lipinski definition) is 0. The fourth-order valence-corrected chi connectivity index (χ4v) is 3.84. The second-order valence-corrected chi connectivity index (χ2v) is 6.56. The fraction of sp³-hybridized carbons (Fsp3) is 0.533. The molecule has 0 N–H and O–H groups in total. The minimum Gasteiger partial charge on any atom is -0.293 e. The van der Waals surface area contributed by atoms with Crippen LogP contribution in [0.25, 0.3) is 0 Å². The first kappa shape index (κ1) is 13.6. The average Bonchev–Trinajstić information content (AvgIpc) is 2.40. The molecule has 18 heavy (non-hydrogen) atoms. The number of Topliss-reactive ketones (excluding diaryl/α,β-unsaturated/α-hetero) is 1. The molecule has 1 nitrogen and oxygen atoms in total. The lowest BCUT2D eigenvalue weighted by Crippen LogP contribution is -2.19. The van der Waals surface area contributed by atoms with Gasteiger partial charge in [0.2, 0.25) is 0 Å². The Bertz CT molecular complexity index is 395. The molecular weight excluding hydrogens is 247 g/mol. The average molecular weight is 266 g/mol. The summed E-state index contributed by atoms with van der Waals surface area (Å²) in [7, 11) is 0. The van der Waals surface area contributed by atoms with E-state index in [9.17, 15) is 9.18 Å². The summed E-state index contributed by atoms with van der Waals surface area (Å²) in [5, 5.41) is 0.594. The third kappa shape index (κ3) is 3.58. The van der Waals surface area contributed by atoms with Gasteiger partial charge in [-0.25, -0.2) is 4.39 Å². The van der Waals surface area contributed by atoms with Crippen LogP contribution in [0.2, 0.25) is 0 Å². The number of ketones is 1. The van der Waals surface area contributed by atoms with Crippen molar-refractivity contribution in [1.82, 2.24) is 0 Å². The summed E-state index contributed by atoms with van der Waals surface area (Å²) in [6, 6.07) is 5.86. The van der Waals surface area contributed by atoms with Gasteiger partial charge in [-0.05, 0) is 44.0 Å². The van der Waals surface area contributed by atoms with Gasteiger partial charge in [-0.3, -0.25) is 4.79 Å². The van der Waals surface area contributed by atoms with Gasteiger partial charge in [0, 0.05) is 10.8 Å². The van der Waals surface area contributed by atoms with Crippen LogP contribution < -0.4 is 0 Å². The monoisotopic (exact) mass is 266 g/mol. The van der Waals surface area contributed by atoms with E-state index in [4.69, 9.17) is 0 Å². The van der Waals surface area contributed by atoms with E-state index in [1.807, 2.05) is 6.92 Å². The second-order valence-electron chi connectivity index (χ2n) is 4.91. The molecule has 2 rings (SSSR count). The predicted molar refractivity (Wildman–Crippen MR) is 74.7 cm³/mol. The smallest absolute Gasteiger partial charge is 0.175 e. The zero-order valence-corrected chi connectivity index (χ0v) is 11.5. The molecule has 0 bridgehead atoms. The molecule has 0 heterocycles. The number of carbonyl (C=O) groups excluding carboxylic acids is 1. The highest BCUT2D eigenvalue weighted by Crippen LogP contribution is 2.32. The van der Waals surface area contributed by atoms with Crippen LogP contribution in [0.3, 0.4) is 0 Å². The highest BCUT2D eigenvalue weighted by Gasteiger charge is 2.22. The highest BCUT2D eigenvalue weighted by molar-refractivity contribution is 8.01. The van der Waals surface area contributed by atoms with E-state index in [0.717, 1.165) is 0 Å². The van der Waals surface area contributed by atoms with Gasteiger partial charge in [-0.15, -0.1) is 11.8 Å². The zero-order valence-electron chi connectivity index (χ0n) is 10.7. The molecule has 1 atom stereocenters. The molecule has 0 amide bonds. The minimum absolute atomic E-state index is 0.0291. The molecule has 1 aromatic rings. The van der Waals surface area contributed by atoms with E-state index in [0.29, 0.717) is 10.8 Å². The molecular formula is C15H19FOS. The van der Waals surface area contributed by atoms with Crippen LogP contribution in [0.15, 0.2) is 24.3 Å². The normalized spacial score (nSPS) is 18.6. The summed E-state index contributed by atoms with van der Waals surface area (Å²) < 4.78 is 12.8. The molecule has 1 fully saturated rings. The van der Waals surface area contributed by atoms with Crippen molar-refractivity contribution < 1.29 is 9.18 Å². The van der Waals surface area contributed by atoms with Crippen LogP contribution in [-0.4, -0.2) is 16.3 Å². The number of halogens is 1. The molecule has 0 saturated heterocycles. The van der Waals surface area contributed by atoms with E-state index in [1.165, 1.54) is 44.2 Å². The predicted octanol–water partition coefficient (Wildman–Crippen LogP) is 4.46. The molecule has 1 aromatic carbocycles. The lowest BCUT2D eigenvalue weighted by atomic mass is 10.0. The Labute approximate surface area is 112 Å². The maximum Gasteiger partial charge on any atom is 0.175 e. The van der Waals surface area contributed by atoms with Gasteiger partial charge >= 0.3 is 0 Å². The number of benzene rings is 1. The topological polar surface area (TPSA) is 17.1 Å². The number of carbonyl (C=O) groups is 1. The molecule has 0 aromatic heterocycles. The molecule has 0 radical (unpaired) electrons. The van der Waals surface area contributed by atoms with E-state index in [-0.39, 0.29) is 16.9 Å². The molecule has 98 valence electrons. The molecule has 0 spiro atoms. The zero-order chi connectivity index (χ0) is 13.0. The minimum atomic E-state index is -0.292. The number of hydrogen-bond acceptors (Lipinski definition) is 2. The summed E-state index contributed by atoms with van der Waals surface area (Å²) in [5.41, 5.74) is 0.618. The fourth-order valence-electron chi connectivity index (χ4n) is 2.40. The standard InChI is InChI=1S/C15H19FOS/c1-11(18-14-5-3-2-4-6-14)15(17)12-7-9-13(16)10-8-12/h7-11,14H,2-6H2,1H3. The van der Waals surface area contributed by atoms with Gasteiger partial charge in [-0.1, -0.05) is 19.3 Å². The van der Waals surface area contributed by atoms with E-state index in [1.54, 1.807) is 23.9 Å². The molecule has 1 aliphatic carbocycles. The molecule has 1 aliphatic rings. The van der Waals surface area contributed by atoms with Crippen molar-refractivity contribution in [2.75, 3.05) is 0 Å². The van der Waals surface area contributed by atoms with Crippen LogP contribution in [0.1, 0.15) is 49.4 Å². The van der Waals surface area contributed by atoms with Crippen LogP contribution in [0, 0.1) is 5.82 Å². The van der Waals surface area contributed by atoms with E-state index >= 15 is 0 Å². The second kappa shape index (κ2) is 6.37. The van der Waals surface area contributed by atoms with Gasteiger partial charge in [-0.2, -0.15) is 0 Å². The van der Waals surface area contributed by atoms with Crippen molar-refractivity contribution in [3.8, 4) is 0 Å². The molecule has 1 saturated carbocycles. The first-order valence-corrected chi connectivity index (χ1v) is 7.56. The van der Waals surface area contributed by atoms with Crippen molar-refractivity contribution in [3.05, 3.63) is 35.6 Å². The summed E-state index contributed by atoms with van der Waals surface area (Å²) in [6.45, 7) is 1.96. The molecule has 1 unspecified atom stereocenters. The van der Waals surface area contributed by atoms with Crippen LogP contribution in [-0.2, 0) is 0 Å². The van der Waals surface area contributed by atoms with Crippen LogP contribution in [0.4, 0.5) is 4.39 Å². The lowest BCUT2D eigenvalue weighted by molar-refractivity contribution is 0.0993. The maximum absolute atomic E-state index is 12.8. The summed E-state index contributed by atoms with van der Waals surface area (Å²) in [4.78, 5) is 12.2. The Morgan fingerprint density at radius 3 is 2.44 bits per heavy atom. The maximum atomic E-state index is 12.8. The first-order chi connectivity index (χ1) is 8.66. The number of rotatable bonds is 4. The van der Waals surface area contributed by atoms with Crippen molar-refractivity contribution in [2.45, 2.75) is 49.5 Å². The van der Waals surface area contributed by atoms with Gasteiger partial charge in [0.1, 0.15) is 5.82 Å². The van der Waals surface area contributed by atoms with Crippen LogP contribution >= 0.6 is 11.8 Å². The summed E-state index contributed by atoms with van der Waals surface area (Å²) >= 11 is 1.78. The van der Waals surface area contributed by atoms with Crippen molar-refractivity contribution in [1.29, 1.82) is 0 Å². The largest absolute Gasteiger partial charge is 0.293 e. The Balaban J connectivity index is 1.93. The third-order valence-corrected chi connectivity index (χ3v) is 4.93. The van der Waals surface area contributed by atoms with Crippen LogP contribution in [0.5, 0.6) is 0 Å².